The molecule has 0 aliphatic heterocycles. The lowest BCUT2D eigenvalue weighted by Crippen LogP contribution is -2.29. The highest BCUT2D eigenvalue weighted by atomic mass is 31.2. The van der Waals surface area contributed by atoms with E-state index in [4.69, 9.17) is 24.3 Å². The van der Waals surface area contributed by atoms with Crippen LogP contribution >= 0.6 is 7.82 Å². The first kappa shape index (κ1) is 70.4. The van der Waals surface area contributed by atoms with Crippen molar-refractivity contribution in [3.63, 3.8) is 0 Å². The number of rotatable bonds is 54. The molecule has 422 valence electrons. The molecule has 74 heavy (non-hydrogen) atoms. The van der Waals surface area contributed by atoms with Crippen LogP contribution in [0, 0.1) is 0 Å². The maximum atomic E-state index is 12.7. The average Bonchev–Trinajstić information content (AvgIpc) is 3.39. The predicted molar refractivity (Wildman–Crippen MR) is 316 cm³/mol. The fourth-order valence-corrected chi connectivity index (χ4v) is 8.51. The minimum absolute atomic E-state index is 0.0460. The fraction of sp³-hybridized carbons (Fsp3) is 0.656. The number of esters is 2. The number of carbonyl (C=O) groups is 2. The van der Waals surface area contributed by atoms with Gasteiger partial charge in [0.25, 0.3) is 0 Å². The van der Waals surface area contributed by atoms with E-state index in [2.05, 4.69) is 135 Å². The zero-order valence-corrected chi connectivity index (χ0v) is 47.9. The van der Waals surface area contributed by atoms with Gasteiger partial charge < -0.3 is 20.1 Å². The summed E-state index contributed by atoms with van der Waals surface area (Å²) in [5.41, 5.74) is 5.38. The molecule has 0 heterocycles. The number of allylic oxidation sites excluding steroid dienone is 20. The Labute approximate surface area is 453 Å². The monoisotopic (exact) mass is 1050 g/mol. The summed E-state index contributed by atoms with van der Waals surface area (Å²) >= 11 is 0. The lowest BCUT2D eigenvalue weighted by Gasteiger charge is -2.19. The Hall–Kier alpha value is -3.59. The van der Waals surface area contributed by atoms with Crippen molar-refractivity contribution in [2.24, 2.45) is 5.73 Å². The van der Waals surface area contributed by atoms with E-state index in [9.17, 15) is 19.0 Å². The molecule has 0 aromatic rings. The molecule has 0 rings (SSSR count). The lowest BCUT2D eigenvalue weighted by molar-refractivity contribution is -0.161. The second kappa shape index (κ2) is 58.7. The van der Waals surface area contributed by atoms with Gasteiger partial charge in [0.15, 0.2) is 6.10 Å². The van der Waals surface area contributed by atoms with Crippen molar-refractivity contribution in [2.45, 2.75) is 245 Å². The molecule has 0 bridgehead atoms. The minimum atomic E-state index is -4.40. The summed E-state index contributed by atoms with van der Waals surface area (Å²) in [7, 11) is -4.40. The van der Waals surface area contributed by atoms with Crippen LogP contribution in [0.3, 0.4) is 0 Å². The van der Waals surface area contributed by atoms with E-state index in [-0.39, 0.29) is 32.6 Å². The predicted octanol–water partition coefficient (Wildman–Crippen LogP) is 18.8. The van der Waals surface area contributed by atoms with Gasteiger partial charge in [0, 0.05) is 19.4 Å². The first-order valence-electron chi connectivity index (χ1n) is 29.5. The maximum absolute atomic E-state index is 12.7. The van der Waals surface area contributed by atoms with Crippen molar-refractivity contribution in [1.29, 1.82) is 0 Å². The number of ether oxygens (including phenoxy) is 2. The average molecular weight is 1050 g/mol. The molecular weight excluding hydrogens is 942 g/mol. The first-order chi connectivity index (χ1) is 36.3. The molecule has 0 fully saturated rings. The number of hydrogen-bond acceptors (Lipinski definition) is 8. The van der Waals surface area contributed by atoms with Crippen LogP contribution in [0.25, 0.3) is 0 Å². The van der Waals surface area contributed by atoms with E-state index in [0.717, 1.165) is 116 Å². The summed E-state index contributed by atoms with van der Waals surface area (Å²) in [5, 5.41) is 0. The Morgan fingerprint density at radius 1 is 0.419 bits per heavy atom. The van der Waals surface area contributed by atoms with E-state index < -0.39 is 32.5 Å². The Morgan fingerprint density at radius 2 is 0.743 bits per heavy atom. The van der Waals surface area contributed by atoms with Crippen LogP contribution in [-0.4, -0.2) is 49.3 Å². The molecule has 3 N–H and O–H groups in total. The standard InChI is InChI=1S/C64H108NO8P/c1-3-5-7-9-11-13-15-17-19-21-23-24-25-26-27-28-29-30-31-32-33-34-35-36-37-38-39-41-43-45-47-49-51-53-55-57-64(67)73-62(61-72-74(68,69)71-59-58-65)60-70-63(66)56-54-52-50-48-46-44-42-40-22-20-18-16-14-12-10-8-6-4-2/h5,7,11,13-14,16-17,19-20,22-24,26-27,29-30,32-33,35-36,62H,3-4,6,8-10,12,15,18,21,25,28,31,34,37-61,65H2,1-2H3,(H,68,69)/b7-5-,13-11-,16-14-,19-17-,22-20-,24-23-,27-26-,30-29-,33-32-,36-35-. The quantitative estimate of drug-likeness (QED) is 0.0264. The van der Waals surface area contributed by atoms with Crippen molar-refractivity contribution in [1.82, 2.24) is 0 Å². The van der Waals surface area contributed by atoms with Crippen LogP contribution in [0.1, 0.15) is 239 Å². The summed E-state index contributed by atoms with van der Waals surface area (Å²) in [6.07, 6.45) is 81.1. The van der Waals surface area contributed by atoms with E-state index in [1.165, 1.54) is 89.9 Å². The van der Waals surface area contributed by atoms with Gasteiger partial charge in [-0.05, 0) is 109 Å². The summed E-state index contributed by atoms with van der Waals surface area (Å²) in [4.78, 5) is 35.2. The van der Waals surface area contributed by atoms with Gasteiger partial charge in [-0.3, -0.25) is 18.6 Å². The molecule has 0 aliphatic rings. The van der Waals surface area contributed by atoms with Crippen LogP contribution in [0.5, 0.6) is 0 Å². The van der Waals surface area contributed by atoms with Crippen molar-refractivity contribution in [3.05, 3.63) is 122 Å². The van der Waals surface area contributed by atoms with Crippen LogP contribution in [-0.2, 0) is 32.7 Å². The highest BCUT2D eigenvalue weighted by Gasteiger charge is 2.26. The molecule has 2 unspecified atom stereocenters. The third-order valence-corrected chi connectivity index (χ3v) is 13.1. The number of carbonyl (C=O) groups excluding carboxylic acids is 2. The Kier molecular flexibility index (Phi) is 55.8. The molecule has 10 heteroatoms. The topological polar surface area (TPSA) is 134 Å². The molecule has 0 aromatic carbocycles. The summed E-state index contributed by atoms with van der Waals surface area (Å²) in [6.45, 7) is 3.59. The van der Waals surface area contributed by atoms with Gasteiger partial charge in [-0.1, -0.05) is 238 Å². The van der Waals surface area contributed by atoms with Gasteiger partial charge in [0.2, 0.25) is 0 Å². The lowest BCUT2D eigenvalue weighted by atomic mass is 10.0. The van der Waals surface area contributed by atoms with Gasteiger partial charge >= 0.3 is 19.8 Å². The van der Waals surface area contributed by atoms with E-state index in [1.807, 2.05) is 0 Å². The molecule has 0 radical (unpaired) electrons. The third-order valence-electron chi connectivity index (χ3n) is 12.1. The highest BCUT2D eigenvalue weighted by molar-refractivity contribution is 7.47. The zero-order chi connectivity index (χ0) is 53.8. The molecule has 2 atom stereocenters. The number of hydrogen-bond donors (Lipinski definition) is 2. The normalized spacial score (nSPS) is 13.9. The van der Waals surface area contributed by atoms with Crippen LogP contribution < -0.4 is 5.73 Å². The minimum Gasteiger partial charge on any atom is -0.462 e. The van der Waals surface area contributed by atoms with Crippen molar-refractivity contribution in [3.8, 4) is 0 Å². The van der Waals surface area contributed by atoms with Gasteiger partial charge in [-0.2, -0.15) is 0 Å². The SMILES string of the molecule is CC/C=C\C/C=C\C/C=C\C/C=C\C/C=C\C/C=C\C/C=C\C/C=C\CCCCCCCCCCCCC(=O)OC(COC(=O)CCCCCCCCC/C=C\C/C=C\CCCCCC)COP(=O)(O)OCCN. The molecular formula is C64H108NO8P. The second-order valence-electron chi connectivity index (χ2n) is 19.1. The molecule has 0 saturated carbocycles. The second-order valence-corrected chi connectivity index (χ2v) is 20.6. The number of nitrogens with two attached hydrogens (primary N) is 1. The van der Waals surface area contributed by atoms with Gasteiger partial charge in [-0.15, -0.1) is 0 Å². The van der Waals surface area contributed by atoms with Crippen LogP contribution in [0.4, 0.5) is 0 Å². The molecule has 9 nitrogen and oxygen atoms in total. The summed E-state index contributed by atoms with van der Waals surface area (Å²) in [6, 6.07) is 0. The number of unbranched alkanes of at least 4 members (excludes halogenated alkanes) is 21. The van der Waals surface area contributed by atoms with Crippen LogP contribution in [0.2, 0.25) is 0 Å². The smallest absolute Gasteiger partial charge is 0.462 e. The summed E-state index contributed by atoms with van der Waals surface area (Å²) in [5.74, 6) is -0.846. The van der Waals surface area contributed by atoms with Crippen molar-refractivity contribution >= 4 is 19.8 Å². The summed E-state index contributed by atoms with van der Waals surface area (Å²) < 4.78 is 33.0. The Bertz CT molecular complexity index is 1620. The van der Waals surface area contributed by atoms with Crippen LogP contribution in [0.15, 0.2) is 122 Å². The van der Waals surface area contributed by atoms with E-state index in [0.29, 0.717) is 6.42 Å². The number of phosphoric ester groups is 1. The number of phosphoric acid groups is 1. The molecule has 0 amide bonds. The molecule has 0 saturated heterocycles. The van der Waals surface area contributed by atoms with Crippen molar-refractivity contribution in [2.75, 3.05) is 26.4 Å². The largest absolute Gasteiger partial charge is 0.472 e. The highest BCUT2D eigenvalue weighted by Crippen LogP contribution is 2.43. The Balaban J connectivity index is 4.00. The third kappa shape index (κ3) is 57.7. The molecule has 0 aromatic heterocycles. The van der Waals surface area contributed by atoms with Gasteiger partial charge in [-0.25, -0.2) is 4.57 Å². The van der Waals surface area contributed by atoms with Gasteiger partial charge in [0.1, 0.15) is 6.61 Å². The van der Waals surface area contributed by atoms with Crippen molar-refractivity contribution < 1.29 is 37.6 Å². The van der Waals surface area contributed by atoms with Gasteiger partial charge in [0.05, 0.1) is 13.2 Å². The Morgan fingerprint density at radius 3 is 1.11 bits per heavy atom. The first-order valence-corrected chi connectivity index (χ1v) is 31.0. The maximum Gasteiger partial charge on any atom is 0.472 e. The molecule has 0 spiro atoms. The fourth-order valence-electron chi connectivity index (χ4n) is 7.74. The van der Waals surface area contributed by atoms with E-state index >= 15 is 0 Å². The zero-order valence-electron chi connectivity index (χ0n) is 47.0. The van der Waals surface area contributed by atoms with E-state index in [1.54, 1.807) is 0 Å². The molecule has 0 aliphatic carbocycles.